The zero-order valence-electron chi connectivity index (χ0n) is 35.4. The Morgan fingerprint density at radius 2 is 0.981 bits per heavy atom. The van der Waals surface area contributed by atoms with Crippen molar-refractivity contribution in [2.75, 3.05) is 6.61 Å². The summed E-state index contributed by atoms with van der Waals surface area (Å²) in [5, 5.41) is 8.81. The monoisotopic (exact) mass is 810 g/mol. The molecule has 0 saturated carbocycles. The van der Waals surface area contributed by atoms with Crippen LogP contribution in [0.3, 0.4) is 0 Å². The van der Waals surface area contributed by atoms with Gasteiger partial charge in [0, 0.05) is 14.7 Å². The van der Waals surface area contributed by atoms with Crippen molar-refractivity contribution in [3.8, 4) is 22.3 Å². The summed E-state index contributed by atoms with van der Waals surface area (Å²) < 4.78 is 6.11. The van der Waals surface area contributed by atoms with Gasteiger partial charge in [-0.15, -0.1) is 67.3 Å². The third kappa shape index (κ3) is 8.90. The summed E-state index contributed by atoms with van der Waals surface area (Å²) >= 11 is 0. The molecule has 6 aromatic carbocycles. The van der Waals surface area contributed by atoms with E-state index >= 15 is 0 Å². The predicted molar refractivity (Wildman–Crippen MR) is 237 cm³/mol. The molecule has 0 N–H and O–H groups in total. The van der Waals surface area contributed by atoms with Gasteiger partial charge >= 0.3 is 26.2 Å². The average molecular weight is 812 g/mol. The predicted octanol–water partition coefficient (Wildman–Crippen LogP) is 13.5. The number of ether oxygens (including phenoxy) is 1. The van der Waals surface area contributed by atoms with Crippen molar-refractivity contribution >= 4 is 40.0 Å². The normalized spacial score (nSPS) is 12.8. The molecule has 0 aliphatic heterocycles. The van der Waals surface area contributed by atoms with Crippen LogP contribution in [0.25, 0.3) is 43.8 Å². The van der Waals surface area contributed by atoms with Crippen molar-refractivity contribution in [2.45, 2.75) is 131 Å². The van der Waals surface area contributed by atoms with Crippen molar-refractivity contribution in [3.05, 3.63) is 119 Å². The van der Waals surface area contributed by atoms with E-state index in [1.165, 1.54) is 91.4 Å². The van der Waals surface area contributed by atoms with E-state index in [4.69, 9.17) is 4.74 Å². The van der Waals surface area contributed by atoms with E-state index in [9.17, 15) is 0 Å². The van der Waals surface area contributed by atoms with Gasteiger partial charge in [-0.3, -0.25) is 0 Å². The molecule has 0 aliphatic carbocycles. The van der Waals surface area contributed by atoms with Crippen LogP contribution in [0.15, 0.2) is 97.1 Å². The minimum Gasteiger partial charge on any atom is -0.376 e. The Morgan fingerprint density at radius 3 is 1.39 bits per heavy atom. The summed E-state index contributed by atoms with van der Waals surface area (Å²) in [6.45, 7) is 28.6. The van der Waals surface area contributed by atoms with Gasteiger partial charge in [-0.2, -0.15) is 0 Å². The fourth-order valence-corrected chi connectivity index (χ4v) is 13.6. The molecule has 1 nitrogen and oxygen atoms in total. The number of aryl methyl sites for hydroxylation is 2. The molecule has 6 rings (SSSR count). The van der Waals surface area contributed by atoms with Crippen LogP contribution in [0.4, 0.5) is 0 Å². The number of benzene rings is 4. The number of hydrogen-bond donors (Lipinski definition) is 0. The SMILES string of the molecule is Cc1cc(C(C)(C)C)ccc1-c1[cH-]c2ccccc2c1[Si](C)(CCCCCCOC(C)(C)C)c1c(-c2ccc(C(C)(C)C)cc2C)[cH-]c2ccccc12.[Zr+2]. The first-order chi connectivity index (χ1) is 24.9. The van der Waals surface area contributed by atoms with E-state index in [2.05, 4.69) is 180 Å². The molecular formula is C51H64OSiZr. The topological polar surface area (TPSA) is 9.23 Å². The first-order valence-corrected chi connectivity index (χ1v) is 22.8. The van der Waals surface area contributed by atoms with Gasteiger partial charge in [0.15, 0.2) is 0 Å². The summed E-state index contributed by atoms with van der Waals surface area (Å²) in [6, 6.07) is 39.2. The van der Waals surface area contributed by atoms with Crippen LogP contribution in [0.2, 0.25) is 12.6 Å². The molecule has 0 atom stereocenters. The smallest absolute Gasteiger partial charge is 0.376 e. The van der Waals surface area contributed by atoms with E-state index in [0.717, 1.165) is 13.0 Å². The van der Waals surface area contributed by atoms with Crippen molar-refractivity contribution in [3.63, 3.8) is 0 Å². The van der Waals surface area contributed by atoms with Crippen LogP contribution in [0.1, 0.15) is 110 Å². The molecule has 0 amide bonds. The maximum atomic E-state index is 6.11. The van der Waals surface area contributed by atoms with Crippen molar-refractivity contribution in [1.82, 2.24) is 0 Å². The Bertz CT molecular complexity index is 2070. The van der Waals surface area contributed by atoms with Gasteiger partial charge in [-0.25, -0.2) is 0 Å². The van der Waals surface area contributed by atoms with Crippen LogP contribution in [0.5, 0.6) is 0 Å². The minimum atomic E-state index is -2.46. The van der Waals surface area contributed by atoms with Crippen molar-refractivity contribution in [1.29, 1.82) is 0 Å². The Kier molecular flexibility index (Phi) is 12.8. The molecule has 0 spiro atoms. The molecule has 0 fully saturated rings. The van der Waals surface area contributed by atoms with Gasteiger partial charge in [-0.1, -0.05) is 168 Å². The van der Waals surface area contributed by atoms with Crippen molar-refractivity contribution < 1.29 is 30.9 Å². The summed E-state index contributed by atoms with van der Waals surface area (Å²) in [5.74, 6) is 0. The second-order valence-corrected chi connectivity index (χ2v) is 23.2. The molecule has 0 unspecified atom stereocenters. The minimum absolute atomic E-state index is 0. The van der Waals surface area contributed by atoms with Gasteiger partial charge < -0.3 is 4.74 Å². The zero-order valence-corrected chi connectivity index (χ0v) is 38.8. The molecule has 0 aliphatic rings. The van der Waals surface area contributed by atoms with Gasteiger partial charge in [0.1, 0.15) is 0 Å². The largest absolute Gasteiger partial charge is 2.00 e. The molecule has 282 valence electrons. The first kappa shape index (κ1) is 42.3. The fourth-order valence-electron chi connectivity index (χ4n) is 8.61. The molecule has 0 bridgehead atoms. The third-order valence-corrected chi connectivity index (χ3v) is 16.2. The van der Waals surface area contributed by atoms with Crippen molar-refractivity contribution in [2.24, 2.45) is 0 Å². The Morgan fingerprint density at radius 1 is 0.556 bits per heavy atom. The van der Waals surface area contributed by atoms with E-state index in [-0.39, 0.29) is 42.6 Å². The van der Waals surface area contributed by atoms with E-state index in [1.807, 2.05) is 0 Å². The molecule has 0 saturated heterocycles. The van der Waals surface area contributed by atoms with E-state index in [1.54, 1.807) is 10.4 Å². The summed E-state index contributed by atoms with van der Waals surface area (Å²) in [6.07, 6.45) is 4.74. The maximum Gasteiger partial charge on any atom is 2.00 e. The summed E-state index contributed by atoms with van der Waals surface area (Å²) in [7, 11) is -2.46. The molecule has 0 heterocycles. The third-order valence-electron chi connectivity index (χ3n) is 11.6. The molecule has 6 aromatic rings. The molecule has 54 heavy (non-hydrogen) atoms. The van der Waals surface area contributed by atoms with Crippen LogP contribution < -0.4 is 10.4 Å². The number of unbranched alkanes of at least 4 members (excludes halogenated alkanes) is 3. The second kappa shape index (κ2) is 16.3. The molecule has 0 radical (unpaired) electrons. The number of hydrogen-bond acceptors (Lipinski definition) is 1. The molecule has 0 aromatic heterocycles. The Balaban J connectivity index is 0.00000561. The van der Waals surface area contributed by atoms with Gasteiger partial charge in [0.05, 0.1) is 5.60 Å². The zero-order chi connectivity index (χ0) is 38.3. The van der Waals surface area contributed by atoms with Gasteiger partial charge in [0.2, 0.25) is 0 Å². The second-order valence-electron chi connectivity index (χ2n) is 19.1. The standard InChI is InChI=1S/C51H64OSi.Zr/c1-35-31-39(49(3,4)5)25-27-41(35)45-33-37-21-15-17-23-43(37)47(45)53(12,30-20-14-13-19-29-52-51(9,10)11)48-44-24-18-16-22-38(44)34-46(48)42-28-26-40(32-36(42)2)50(6,7)8;/h15-18,21-28,31-34H,13-14,19-20,29-30H2,1-12H3;/q-2;+2. The quantitative estimate of drug-likeness (QED) is 0.0719. The summed E-state index contributed by atoms with van der Waals surface area (Å²) in [5.41, 5.74) is 11.3. The van der Waals surface area contributed by atoms with Crippen LogP contribution in [0, 0.1) is 13.8 Å². The van der Waals surface area contributed by atoms with Crippen LogP contribution >= 0.6 is 0 Å². The van der Waals surface area contributed by atoms with E-state index < -0.39 is 8.07 Å². The van der Waals surface area contributed by atoms with Crippen LogP contribution in [-0.4, -0.2) is 20.3 Å². The van der Waals surface area contributed by atoms with E-state index in [0.29, 0.717) is 0 Å². The molecular weight excluding hydrogens is 748 g/mol. The van der Waals surface area contributed by atoms with Gasteiger partial charge in [0.25, 0.3) is 0 Å². The number of fused-ring (bicyclic) bond motifs is 2. The first-order valence-electron chi connectivity index (χ1n) is 20.1. The van der Waals surface area contributed by atoms with Gasteiger partial charge in [-0.05, 0) is 63.0 Å². The Labute approximate surface area is 347 Å². The van der Waals surface area contributed by atoms with Crippen LogP contribution in [-0.2, 0) is 41.8 Å². The summed E-state index contributed by atoms with van der Waals surface area (Å²) in [4.78, 5) is 0. The number of rotatable bonds is 11. The fraction of sp³-hybridized carbons (Fsp3) is 0.412. The molecule has 3 heteroatoms. The Hall–Kier alpha value is -2.84. The maximum absolute atomic E-state index is 6.11. The average Bonchev–Trinajstić information content (AvgIpc) is 3.66.